The number of aliphatic carboxylic acids is 1. The lowest BCUT2D eigenvalue weighted by molar-refractivity contribution is -0.132. The molecule has 0 radical (unpaired) electrons. The molecule has 15 heavy (non-hydrogen) atoms. The van der Waals surface area contributed by atoms with Gasteiger partial charge in [0.2, 0.25) is 0 Å². The molecule has 0 unspecified atom stereocenters. The summed E-state index contributed by atoms with van der Waals surface area (Å²) < 4.78 is 4.92. The van der Waals surface area contributed by atoms with E-state index >= 15 is 0 Å². The Labute approximate surface area is 86.8 Å². The molecule has 4 heteroatoms. The van der Waals surface area contributed by atoms with Crippen molar-refractivity contribution in [3.63, 3.8) is 0 Å². The number of rotatable bonds is 4. The van der Waals surface area contributed by atoms with Crippen LogP contribution in [0.25, 0.3) is 0 Å². The highest BCUT2D eigenvalue weighted by Gasteiger charge is 2.16. The molecule has 0 aliphatic carbocycles. The third-order valence-electron chi connectivity index (χ3n) is 1.86. The Morgan fingerprint density at radius 2 is 2.07 bits per heavy atom. The third kappa shape index (κ3) is 2.43. The minimum Gasteiger partial charge on any atom is -0.497 e. The first-order valence-corrected chi connectivity index (χ1v) is 4.17. The molecule has 0 spiro atoms. The number of methoxy groups -OCH3 is 1. The van der Waals surface area contributed by atoms with Gasteiger partial charge in [-0.3, -0.25) is 4.79 Å². The van der Waals surface area contributed by atoms with Crippen molar-refractivity contribution in [2.45, 2.75) is 0 Å². The fraction of sp³-hybridized carbons (Fsp3) is 0.0909. The van der Waals surface area contributed by atoms with Crippen LogP contribution in [-0.4, -0.2) is 24.0 Å². The minimum absolute atomic E-state index is 0.252. The fourth-order valence-corrected chi connectivity index (χ4v) is 1.04. The molecule has 0 saturated carbocycles. The van der Waals surface area contributed by atoms with Crippen molar-refractivity contribution in [3.05, 3.63) is 42.0 Å². The van der Waals surface area contributed by atoms with Crippen LogP contribution in [0, 0.1) is 0 Å². The summed E-state index contributed by atoms with van der Waals surface area (Å²) in [6.07, 6.45) is 0. The molecular formula is C11H10O4. The highest BCUT2D eigenvalue weighted by molar-refractivity contribution is 6.23. The van der Waals surface area contributed by atoms with E-state index in [9.17, 15) is 9.59 Å². The van der Waals surface area contributed by atoms with Gasteiger partial charge in [0.25, 0.3) is 0 Å². The number of carboxylic acids is 1. The van der Waals surface area contributed by atoms with Crippen molar-refractivity contribution in [3.8, 4) is 5.75 Å². The van der Waals surface area contributed by atoms with E-state index in [1.807, 2.05) is 0 Å². The summed E-state index contributed by atoms with van der Waals surface area (Å²) in [5.74, 6) is -1.43. The first-order valence-electron chi connectivity index (χ1n) is 4.17. The third-order valence-corrected chi connectivity index (χ3v) is 1.86. The second-order valence-corrected chi connectivity index (χ2v) is 2.84. The zero-order valence-corrected chi connectivity index (χ0v) is 8.19. The van der Waals surface area contributed by atoms with Crippen LogP contribution >= 0.6 is 0 Å². The SMILES string of the molecule is C=C(C(=O)O)C(=O)c1cccc(OC)c1. The molecule has 0 aromatic heterocycles. The van der Waals surface area contributed by atoms with E-state index < -0.39 is 17.3 Å². The quantitative estimate of drug-likeness (QED) is 0.351. The Kier molecular flexibility index (Phi) is 3.23. The van der Waals surface area contributed by atoms with Gasteiger partial charge >= 0.3 is 5.97 Å². The highest BCUT2D eigenvalue weighted by Crippen LogP contribution is 2.15. The van der Waals surface area contributed by atoms with Gasteiger partial charge in [0.1, 0.15) is 11.3 Å². The Hall–Kier alpha value is -2.10. The zero-order chi connectivity index (χ0) is 11.4. The van der Waals surface area contributed by atoms with E-state index in [1.165, 1.54) is 19.2 Å². The molecule has 0 fully saturated rings. The van der Waals surface area contributed by atoms with Crippen LogP contribution in [0.5, 0.6) is 5.75 Å². The summed E-state index contributed by atoms with van der Waals surface area (Å²) >= 11 is 0. The van der Waals surface area contributed by atoms with Crippen molar-refractivity contribution < 1.29 is 19.4 Å². The van der Waals surface area contributed by atoms with Crippen LogP contribution in [0.3, 0.4) is 0 Å². The van der Waals surface area contributed by atoms with Crippen molar-refractivity contribution in [1.29, 1.82) is 0 Å². The molecule has 0 bridgehead atoms. The summed E-state index contributed by atoms with van der Waals surface area (Å²) in [6.45, 7) is 3.20. The lowest BCUT2D eigenvalue weighted by atomic mass is 10.0. The van der Waals surface area contributed by atoms with E-state index in [0.717, 1.165) is 0 Å². The summed E-state index contributed by atoms with van der Waals surface area (Å²) in [7, 11) is 1.47. The van der Waals surface area contributed by atoms with Crippen LogP contribution in [0.1, 0.15) is 10.4 Å². The molecule has 0 aliphatic rings. The van der Waals surface area contributed by atoms with Crippen LogP contribution in [0.15, 0.2) is 36.4 Å². The highest BCUT2D eigenvalue weighted by atomic mass is 16.5. The van der Waals surface area contributed by atoms with Crippen LogP contribution < -0.4 is 4.74 Å². The lowest BCUT2D eigenvalue weighted by Crippen LogP contribution is -2.11. The molecule has 1 rings (SSSR count). The van der Waals surface area contributed by atoms with Gasteiger partial charge in [0.15, 0.2) is 5.78 Å². The van der Waals surface area contributed by atoms with Crippen LogP contribution in [-0.2, 0) is 4.79 Å². The predicted molar refractivity (Wildman–Crippen MR) is 54.1 cm³/mol. The zero-order valence-electron chi connectivity index (χ0n) is 8.19. The van der Waals surface area contributed by atoms with E-state index in [1.54, 1.807) is 12.1 Å². The van der Waals surface area contributed by atoms with E-state index in [-0.39, 0.29) is 5.56 Å². The number of ketones is 1. The predicted octanol–water partition coefficient (Wildman–Crippen LogP) is 1.52. The van der Waals surface area contributed by atoms with Gasteiger partial charge in [-0.1, -0.05) is 18.7 Å². The Bertz CT molecular complexity index is 420. The molecule has 1 aromatic rings. The first-order chi connectivity index (χ1) is 7.06. The molecule has 4 nitrogen and oxygen atoms in total. The minimum atomic E-state index is -1.32. The van der Waals surface area contributed by atoms with Crippen molar-refractivity contribution in [2.75, 3.05) is 7.11 Å². The maximum atomic E-state index is 11.5. The Morgan fingerprint density at radius 3 is 2.60 bits per heavy atom. The second-order valence-electron chi connectivity index (χ2n) is 2.84. The largest absolute Gasteiger partial charge is 0.497 e. The molecule has 0 saturated heterocycles. The van der Waals surface area contributed by atoms with Crippen molar-refractivity contribution in [2.24, 2.45) is 0 Å². The lowest BCUT2D eigenvalue weighted by Gasteiger charge is -2.03. The smallest absolute Gasteiger partial charge is 0.339 e. The van der Waals surface area contributed by atoms with Gasteiger partial charge in [-0.15, -0.1) is 0 Å². The topological polar surface area (TPSA) is 63.6 Å². The number of Topliss-reactive ketones (excluding diaryl/α,β-unsaturated/α-hetero) is 1. The van der Waals surface area contributed by atoms with E-state index in [0.29, 0.717) is 5.75 Å². The average molecular weight is 206 g/mol. The van der Waals surface area contributed by atoms with Gasteiger partial charge in [-0.2, -0.15) is 0 Å². The standard InChI is InChI=1S/C11H10O4/c1-7(11(13)14)10(12)8-4-3-5-9(6-8)15-2/h3-6H,1H2,2H3,(H,13,14). The number of benzene rings is 1. The molecule has 0 aliphatic heterocycles. The van der Waals surface area contributed by atoms with E-state index in [2.05, 4.69) is 6.58 Å². The van der Waals surface area contributed by atoms with Crippen LogP contribution in [0.2, 0.25) is 0 Å². The molecule has 0 heterocycles. The maximum Gasteiger partial charge on any atom is 0.339 e. The molecule has 78 valence electrons. The van der Waals surface area contributed by atoms with Gasteiger partial charge in [0, 0.05) is 5.56 Å². The summed E-state index contributed by atoms with van der Waals surface area (Å²) in [5, 5.41) is 8.59. The van der Waals surface area contributed by atoms with Gasteiger partial charge in [0.05, 0.1) is 7.11 Å². The number of carbonyl (C=O) groups excluding carboxylic acids is 1. The number of hydrogen-bond acceptors (Lipinski definition) is 3. The van der Waals surface area contributed by atoms with Gasteiger partial charge < -0.3 is 9.84 Å². The molecule has 0 amide bonds. The second kappa shape index (κ2) is 4.41. The molecule has 1 aromatic carbocycles. The molecule has 1 N–H and O–H groups in total. The Balaban J connectivity index is 3.01. The first kappa shape index (κ1) is 11.0. The van der Waals surface area contributed by atoms with E-state index in [4.69, 9.17) is 9.84 Å². The summed E-state index contributed by atoms with van der Waals surface area (Å²) in [4.78, 5) is 22.0. The monoisotopic (exact) mass is 206 g/mol. The Morgan fingerprint density at radius 1 is 1.40 bits per heavy atom. The number of ether oxygens (including phenoxy) is 1. The summed E-state index contributed by atoms with van der Waals surface area (Å²) in [6, 6.07) is 6.26. The maximum absolute atomic E-state index is 11.5. The van der Waals surface area contributed by atoms with Crippen molar-refractivity contribution >= 4 is 11.8 Å². The van der Waals surface area contributed by atoms with Gasteiger partial charge in [-0.25, -0.2) is 4.79 Å². The number of carbonyl (C=O) groups is 2. The fourth-order valence-electron chi connectivity index (χ4n) is 1.04. The normalized spacial score (nSPS) is 9.40. The van der Waals surface area contributed by atoms with Crippen molar-refractivity contribution in [1.82, 2.24) is 0 Å². The average Bonchev–Trinajstić information content (AvgIpc) is 2.27. The molecular weight excluding hydrogens is 196 g/mol. The van der Waals surface area contributed by atoms with Gasteiger partial charge in [-0.05, 0) is 12.1 Å². The number of carboxylic acid groups (broad SMARTS) is 1. The van der Waals surface area contributed by atoms with Crippen LogP contribution in [0.4, 0.5) is 0 Å². The molecule has 0 atom stereocenters. The number of hydrogen-bond donors (Lipinski definition) is 1. The summed E-state index contributed by atoms with van der Waals surface area (Å²) in [5.41, 5.74) is -0.204.